The molecule has 2 N–H and O–H groups in total. The maximum Gasteiger partial charge on any atom is 0.214 e. The van der Waals surface area contributed by atoms with E-state index < -0.39 is 20.9 Å². The topological polar surface area (TPSA) is 75.6 Å². The van der Waals surface area contributed by atoms with Crippen molar-refractivity contribution < 1.29 is 18.3 Å². The Morgan fingerprint density at radius 1 is 1.60 bits per heavy atom. The van der Waals surface area contributed by atoms with Gasteiger partial charge in [-0.1, -0.05) is 0 Å². The van der Waals surface area contributed by atoms with E-state index in [1.807, 2.05) is 0 Å². The fourth-order valence-electron chi connectivity index (χ4n) is 1.40. The first-order valence-electron chi connectivity index (χ1n) is 5.10. The van der Waals surface area contributed by atoms with Crippen LogP contribution < -0.4 is 4.72 Å². The lowest BCUT2D eigenvalue weighted by Crippen LogP contribution is -2.48. The lowest BCUT2D eigenvalue weighted by Gasteiger charge is -2.26. The molecular formula is C9H19NO4S. The second kappa shape index (κ2) is 4.37. The minimum atomic E-state index is -3.31. The van der Waals surface area contributed by atoms with E-state index in [0.717, 1.165) is 0 Å². The summed E-state index contributed by atoms with van der Waals surface area (Å²) >= 11 is 0. The summed E-state index contributed by atoms with van der Waals surface area (Å²) in [7, 11) is -3.31. The Kier molecular flexibility index (Phi) is 3.76. The molecule has 15 heavy (non-hydrogen) atoms. The molecule has 6 heteroatoms. The number of hydrogen-bond acceptors (Lipinski definition) is 4. The molecule has 0 aliphatic carbocycles. The SMILES string of the molecule is CC1OCCC1(O)CNS(=O)(=O)C(C)C. The fraction of sp³-hybridized carbons (Fsp3) is 1.00. The molecule has 1 fully saturated rings. The zero-order valence-corrected chi connectivity index (χ0v) is 10.2. The van der Waals surface area contributed by atoms with E-state index in [1.165, 1.54) is 0 Å². The predicted molar refractivity (Wildman–Crippen MR) is 57.0 cm³/mol. The number of aliphatic hydroxyl groups is 1. The largest absolute Gasteiger partial charge is 0.386 e. The first kappa shape index (κ1) is 12.9. The third-order valence-electron chi connectivity index (χ3n) is 2.86. The van der Waals surface area contributed by atoms with Crippen molar-refractivity contribution in [1.29, 1.82) is 0 Å². The van der Waals surface area contributed by atoms with Crippen molar-refractivity contribution in [1.82, 2.24) is 4.72 Å². The van der Waals surface area contributed by atoms with Crippen LogP contribution in [0.3, 0.4) is 0 Å². The zero-order valence-electron chi connectivity index (χ0n) is 9.36. The highest BCUT2D eigenvalue weighted by Gasteiger charge is 2.40. The van der Waals surface area contributed by atoms with Crippen molar-refractivity contribution in [2.45, 2.75) is 44.1 Å². The second-order valence-electron chi connectivity index (χ2n) is 4.28. The lowest BCUT2D eigenvalue weighted by molar-refractivity contribution is -0.0228. The maximum atomic E-state index is 11.5. The monoisotopic (exact) mass is 237 g/mol. The Labute approximate surface area is 90.9 Å². The van der Waals surface area contributed by atoms with Gasteiger partial charge in [-0.3, -0.25) is 0 Å². The van der Waals surface area contributed by atoms with Gasteiger partial charge in [0.15, 0.2) is 0 Å². The average Bonchev–Trinajstić information content (AvgIpc) is 2.45. The predicted octanol–water partition coefficient (Wildman–Crippen LogP) is -0.146. The van der Waals surface area contributed by atoms with E-state index >= 15 is 0 Å². The number of sulfonamides is 1. The summed E-state index contributed by atoms with van der Waals surface area (Å²) in [4.78, 5) is 0. The molecule has 2 unspecified atom stereocenters. The summed E-state index contributed by atoms with van der Waals surface area (Å²) in [6.07, 6.45) is 0.141. The summed E-state index contributed by atoms with van der Waals surface area (Å²) in [5.74, 6) is 0. The normalized spacial score (nSPS) is 32.5. The molecule has 5 nitrogen and oxygen atoms in total. The third kappa shape index (κ3) is 2.90. The number of nitrogens with one attached hydrogen (secondary N) is 1. The summed E-state index contributed by atoms with van der Waals surface area (Å²) < 4.78 is 30.6. The van der Waals surface area contributed by atoms with Crippen molar-refractivity contribution in [3.8, 4) is 0 Å². The third-order valence-corrected chi connectivity index (χ3v) is 4.65. The maximum absolute atomic E-state index is 11.5. The Hall–Kier alpha value is -0.170. The Morgan fingerprint density at radius 3 is 2.60 bits per heavy atom. The molecule has 0 aromatic carbocycles. The van der Waals surface area contributed by atoms with Crippen LogP contribution in [0.2, 0.25) is 0 Å². The van der Waals surface area contributed by atoms with Gasteiger partial charge < -0.3 is 9.84 Å². The van der Waals surface area contributed by atoms with Gasteiger partial charge >= 0.3 is 0 Å². The van der Waals surface area contributed by atoms with Crippen LogP contribution in [0, 0.1) is 0 Å². The van der Waals surface area contributed by atoms with Gasteiger partial charge in [0.05, 0.1) is 11.4 Å². The molecular weight excluding hydrogens is 218 g/mol. The minimum Gasteiger partial charge on any atom is -0.386 e. The molecule has 0 amide bonds. The first-order valence-corrected chi connectivity index (χ1v) is 6.65. The van der Waals surface area contributed by atoms with Crippen LogP contribution in [-0.4, -0.2) is 43.6 Å². The van der Waals surface area contributed by atoms with Crippen LogP contribution in [0.1, 0.15) is 27.2 Å². The number of rotatable bonds is 4. The van der Waals surface area contributed by atoms with E-state index in [2.05, 4.69) is 4.72 Å². The van der Waals surface area contributed by atoms with Gasteiger partial charge in [-0.15, -0.1) is 0 Å². The highest BCUT2D eigenvalue weighted by atomic mass is 32.2. The van der Waals surface area contributed by atoms with Gasteiger partial charge in [0.1, 0.15) is 5.60 Å². The first-order chi connectivity index (χ1) is 6.78. The Balaban J connectivity index is 2.57. The van der Waals surface area contributed by atoms with E-state index in [4.69, 9.17) is 4.74 Å². The van der Waals surface area contributed by atoms with Gasteiger partial charge in [0.25, 0.3) is 0 Å². The summed E-state index contributed by atoms with van der Waals surface area (Å²) in [6, 6.07) is 0. The lowest BCUT2D eigenvalue weighted by atomic mass is 9.97. The quantitative estimate of drug-likeness (QED) is 0.713. The van der Waals surface area contributed by atoms with Crippen LogP contribution in [0.4, 0.5) is 0 Å². The van der Waals surface area contributed by atoms with Crippen LogP contribution in [-0.2, 0) is 14.8 Å². The number of hydrogen-bond donors (Lipinski definition) is 2. The molecule has 0 saturated carbocycles. The molecule has 1 saturated heterocycles. The van der Waals surface area contributed by atoms with Crippen LogP contribution >= 0.6 is 0 Å². The smallest absolute Gasteiger partial charge is 0.214 e. The molecule has 1 aliphatic rings. The van der Waals surface area contributed by atoms with Crippen molar-refractivity contribution in [3.05, 3.63) is 0 Å². The molecule has 2 atom stereocenters. The second-order valence-corrected chi connectivity index (χ2v) is 6.60. The van der Waals surface area contributed by atoms with E-state index in [1.54, 1.807) is 20.8 Å². The molecule has 0 spiro atoms. The van der Waals surface area contributed by atoms with Crippen LogP contribution in [0.15, 0.2) is 0 Å². The molecule has 0 bridgehead atoms. The molecule has 1 aliphatic heterocycles. The molecule has 1 heterocycles. The number of ether oxygens (including phenoxy) is 1. The van der Waals surface area contributed by atoms with E-state index in [0.29, 0.717) is 13.0 Å². The Morgan fingerprint density at radius 2 is 2.20 bits per heavy atom. The molecule has 0 aromatic rings. The fourth-order valence-corrected chi connectivity index (χ4v) is 2.18. The van der Waals surface area contributed by atoms with Crippen molar-refractivity contribution >= 4 is 10.0 Å². The van der Waals surface area contributed by atoms with Crippen molar-refractivity contribution in [2.24, 2.45) is 0 Å². The highest BCUT2D eigenvalue weighted by molar-refractivity contribution is 7.90. The van der Waals surface area contributed by atoms with Gasteiger partial charge in [-0.2, -0.15) is 0 Å². The van der Waals surface area contributed by atoms with Gasteiger partial charge in [0, 0.05) is 19.6 Å². The standard InChI is InChI=1S/C9H19NO4S/c1-7(2)15(12,13)10-6-9(11)4-5-14-8(9)3/h7-8,10-11H,4-6H2,1-3H3. The van der Waals surface area contributed by atoms with E-state index in [9.17, 15) is 13.5 Å². The van der Waals surface area contributed by atoms with E-state index in [-0.39, 0.29) is 12.6 Å². The van der Waals surface area contributed by atoms with Gasteiger partial charge in [0.2, 0.25) is 10.0 Å². The zero-order chi connectivity index (χ0) is 11.7. The minimum absolute atomic E-state index is 0.0225. The van der Waals surface area contributed by atoms with Crippen LogP contribution in [0.5, 0.6) is 0 Å². The van der Waals surface area contributed by atoms with Crippen LogP contribution in [0.25, 0.3) is 0 Å². The summed E-state index contributed by atoms with van der Waals surface area (Å²) in [5, 5.41) is 9.57. The van der Waals surface area contributed by atoms with Gasteiger partial charge in [-0.25, -0.2) is 13.1 Å². The Bertz CT molecular complexity index is 314. The molecule has 0 radical (unpaired) electrons. The molecule has 1 rings (SSSR count). The highest BCUT2D eigenvalue weighted by Crippen LogP contribution is 2.25. The molecule has 90 valence electrons. The summed E-state index contributed by atoms with van der Waals surface area (Å²) in [5.41, 5.74) is -1.07. The van der Waals surface area contributed by atoms with Crippen molar-refractivity contribution in [2.75, 3.05) is 13.2 Å². The molecule has 0 aromatic heterocycles. The summed E-state index contributed by atoms with van der Waals surface area (Å²) in [6.45, 7) is 5.44. The average molecular weight is 237 g/mol. The van der Waals surface area contributed by atoms with Crippen molar-refractivity contribution in [3.63, 3.8) is 0 Å². The van der Waals surface area contributed by atoms with Gasteiger partial charge in [-0.05, 0) is 20.8 Å².